The van der Waals surface area contributed by atoms with Gasteiger partial charge in [0.2, 0.25) is 5.91 Å². The lowest BCUT2D eigenvalue weighted by atomic mass is 9.73. The molecule has 27 heavy (non-hydrogen) atoms. The molecular weight excluding hydrogens is 392 g/mol. The van der Waals surface area contributed by atoms with E-state index in [2.05, 4.69) is 5.32 Å². The summed E-state index contributed by atoms with van der Waals surface area (Å²) in [5, 5.41) is 3.90. The standard InChI is InChI=1S/C20H20Cl2FNO3/c21-14-4-5-17(18(22)12-14)20(6-9-26-10-7-20)19(25)24-8-11-27-16-3-1-2-15(23)13-16/h1-5,12-13H,6-11H2,(H,24,25). The van der Waals surface area contributed by atoms with Crippen LogP contribution in [0.4, 0.5) is 4.39 Å². The highest BCUT2D eigenvalue weighted by Crippen LogP contribution is 2.39. The van der Waals surface area contributed by atoms with Crippen LogP contribution in [0.3, 0.4) is 0 Å². The van der Waals surface area contributed by atoms with Gasteiger partial charge in [0, 0.05) is 29.3 Å². The van der Waals surface area contributed by atoms with E-state index in [1.807, 2.05) is 0 Å². The minimum absolute atomic E-state index is 0.127. The molecule has 4 nitrogen and oxygen atoms in total. The number of ether oxygens (including phenoxy) is 2. The Bertz CT molecular complexity index is 810. The van der Waals surface area contributed by atoms with E-state index >= 15 is 0 Å². The molecule has 1 heterocycles. The Labute approximate surface area is 167 Å². The summed E-state index contributed by atoms with van der Waals surface area (Å²) in [6, 6.07) is 11.1. The molecule has 0 aromatic heterocycles. The Morgan fingerprint density at radius 1 is 1.19 bits per heavy atom. The molecule has 1 aliphatic rings. The van der Waals surface area contributed by atoms with Crippen molar-refractivity contribution in [2.24, 2.45) is 0 Å². The third-order valence-electron chi connectivity index (χ3n) is 4.68. The third kappa shape index (κ3) is 4.72. The largest absolute Gasteiger partial charge is 0.492 e. The molecule has 2 aromatic rings. The minimum atomic E-state index is -0.765. The molecular formula is C20H20Cl2FNO3. The first-order chi connectivity index (χ1) is 13.0. The molecule has 1 fully saturated rings. The molecule has 0 radical (unpaired) electrons. The molecule has 2 aromatic carbocycles. The smallest absolute Gasteiger partial charge is 0.231 e. The minimum Gasteiger partial charge on any atom is -0.492 e. The molecule has 144 valence electrons. The molecule has 1 N–H and O–H groups in total. The van der Waals surface area contributed by atoms with Gasteiger partial charge < -0.3 is 14.8 Å². The highest BCUT2D eigenvalue weighted by Gasteiger charge is 2.42. The van der Waals surface area contributed by atoms with Crippen LogP contribution in [0.5, 0.6) is 5.75 Å². The van der Waals surface area contributed by atoms with Crippen LogP contribution >= 0.6 is 23.2 Å². The van der Waals surface area contributed by atoms with Gasteiger partial charge in [0.1, 0.15) is 18.2 Å². The average molecular weight is 412 g/mol. The van der Waals surface area contributed by atoms with Crippen molar-refractivity contribution >= 4 is 29.1 Å². The molecule has 0 aliphatic carbocycles. The molecule has 1 amide bonds. The van der Waals surface area contributed by atoms with Gasteiger partial charge in [-0.2, -0.15) is 0 Å². The fourth-order valence-electron chi connectivity index (χ4n) is 3.28. The van der Waals surface area contributed by atoms with Crippen molar-refractivity contribution < 1.29 is 18.7 Å². The number of carbonyl (C=O) groups is 1. The van der Waals surface area contributed by atoms with E-state index in [4.69, 9.17) is 32.7 Å². The second-order valence-electron chi connectivity index (χ2n) is 6.38. The van der Waals surface area contributed by atoms with Crippen LogP contribution in [-0.2, 0) is 14.9 Å². The van der Waals surface area contributed by atoms with E-state index in [1.54, 1.807) is 30.3 Å². The van der Waals surface area contributed by atoms with Crippen LogP contribution in [0, 0.1) is 5.82 Å². The lowest BCUT2D eigenvalue weighted by Gasteiger charge is -2.36. The quantitative estimate of drug-likeness (QED) is 0.717. The van der Waals surface area contributed by atoms with Gasteiger partial charge in [-0.25, -0.2) is 4.39 Å². The van der Waals surface area contributed by atoms with E-state index in [9.17, 15) is 9.18 Å². The van der Waals surface area contributed by atoms with E-state index in [-0.39, 0.29) is 18.3 Å². The van der Waals surface area contributed by atoms with Crippen LogP contribution < -0.4 is 10.1 Å². The van der Waals surface area contributed by atoms with Gasteiger partial charge in [0.05, 0.1) is 12.0 Å². The maximum Gasteiger partial charge on any atom is 0.231 e. The molecule has 1 saturated heterocycles. The zero-order valence-corrected chi connectivity index (χ0v) is 16.2. The monoisotopic (exact) mass is 411 g/mol. The van der Waals surface area contributed by atoms with Crippen LogP contribution in [-0.4, -0.2) is 32.3 Å². The molecule has 0 unspecified atom stereocenters. The summed E-state index contributed by atoms with van der Waals surface area (Å²) in [4.78, 5) is 13.0. The molecule has 0 atom stereocenters. The van der Waals surface area contributed by atoms with Gasteiger partial charge in [-0.3, -0.25) is 4.79 Å². The van der Waals surface area contributed by atoms with E-state index < -0.39 is 5.41 Å². The molecule has 1 aliphatic heterocycles. The Hall–Kier alpha value is -1.82. The predicted octanol–water partition coefficient (Wildman–Crippen LogP) is 4.38. The number of benzene rings is 2. The van der Waals surface area contributed by atoms with Crippen LogP contribution in [0.25, 0.3) is 0 Å². The average Bonchev–Trinajstić information content (AvgIpc) is 2.65. The maximum atomic E-state index is 13.2. The highest BCUT2D eigenvalue weighted by molar-refractivity contribution is 6.35. The number of amides is 1. The van der Waals surface area contributed by atoms with Gasteiger partial charge in [-0.05, 0) is 42.7 Å². The second-order valence-corrected chi connectivity index (χ2v) is 7.22. The molecule has 0 saturated carbocycles. The van der Waals surface area contributed by atoms with Gasteiger partial charge in [0.25, 0.3) is 0 Å². The summed E-state index contributed by atoms with van der Waals surface area (Å²) < 4.78 is 24.1. The summed E-state index contributed by atoms with van der Waals surface area (Å²) in [6.45, 7) is 1.48. The Balaban J connectivity index is 1.67. The lowest BCUT2D eigenvalue weighted by Crippen LogP contribution is -2.49. The van der Waals surface area contributed by atoms with Crippen molar-refractivity contribution in [3.05, 3.63) is 63.9 Å². The van der Waals surface area contributed by atoms with Crippen molar-refractivity contribution in [2.75, 3.05) is 26.4 Å². The number of halogens is 3. The van der Waals surface area contributed by atoms with E-state index in [0.29, 0.717) is 48.4 Å². The van der Waals surface area contributed by atoms with Gasteiger partial charge in [-0.1, -0.05) is 35.3 Å². The van der Waals surface area contributed by atoms with Crippen LogP contribution in [0.1, 0.15) is 18.4 Å². The van der Waals surface area contributed by atoms with Crippen molar-refractivity contribution in [3.63, 3.8) is 0 Å². The second kappa shape index (κ2) is 8.91. The molecule has 3 rings (SSSR count). The first-order valence-corrected chi connectivity index (χ1v) is 9.47. The third-order valence-corrected chi connectivity index (χ3v) is 5.23. The Morgan fingerprint density at radius 3 is 2.67 bits per heavy atom. The summed E-state index contributed by atoms with van der Waals surface area (Å²) in [5.41, 5.74) is -0.0147. The summed E-state index contributed by atoms with van der Waals surface area (Å²) in [5.74, 6) is -0.0706. The Morgan fingerprint density at radius 2 is 1.96 bits per heavy atom. The van der Waals surface area contributed by atoms with E-state index in [0.717, 1.165) is 5.56 Å². The molecule has 0 bridgehead atoms. The predicted molar refractivity (Wildman–Crippen MR) is 103 cm³/mol. The summed E-state index contributed by atoms with van der Waals surface area (Å²) >= 11 is 12.4. The SMILES string of the molecule is O=C(NCCOc1cccc(F)c1)C1(c2ccc(Cl)cc2Cl)CCOCC1. The number of hydrogen-bond acceptors (Lipinski definition) is 3. The Kier molecular flexibility index (Phi) is 6.58. The fourth-order valence-corrected chi connectivity index (χ4v) is 3.86. The fraction of sp³-hybridized carbons (Fsp3) is 0.350. The molecule has 0 spiro atoms. The van der Waals surface area contributed by atoms with Crippen molar-refractivity contribution in [1.82, 2.24) is 5.32 Å². The van der Waals surface area contributed by atoms with Crippen LogP contribution in [0.2, 0.25) is 10.0 Å². The first kappa shape index (κ1) is 19.9. The number of nitrogens with one attached hydrogen (secondary N) is 1. The van der Waals surface area contributed by atoms with Gasteiger partial charge in [-0.15, -0.1) is 0 Å². The topological polar surface area (TPSA) is 47.6 Å². The van der Waals surface area contributed by atoms with Gasteiger partial charge >= 0.3 is 0 Å². The van der Waals surface area contributed by atoms with E-state index in [1.165, 1.54) is 12.1 Å². The summed E-state index contributed by atoms with van der Waals surface area (Å²) in [6.07, 6.45) is 1.07. The van der Waals surface area contributed by atoms with Gasteiger partial charge in [0.15, 0.2) is 0 Å². The summed E-state index contributed by atoms with van der Waals surface area (Å²) in [7, 11) is 0. The van der Waals surface area contributed by atoms with Crippen molar-refractivity contribution in [1.29, 1.82) is 0 Å². The number of rotatable bonds is 6. The normalized spacial score (nSPS) is 16.0. The zero-order chi connectivity index (χ0) is 19.3. The number of carbonyl (C=O) groups excluding carboxylic acids is 1. The van der Waals surface area contributed by atoms with Crippen molar-refractivity contribution in [2.45, 2.75) is 18.3 Å². The first-order valence-electron chi connectivity index (χ1n) is 8.71. The van der Waals surface area contributed by atoms with Crippen LogP contribution in [0.15, 0.2) is 42.5 Å². The zero-order valence-electron chi connectivity index (χ0n) is 14.6. The van der Waals surface area contributed by atoms with Crippen molar-refractivity contribution in [3.8, 4) is 5.75 Å². The highest BCUT2D eigenvalue weighted by atomic mass is 35.5. The lowest BCUT2D eigenvalue weighted by molar-refractivity contribution is -0.130. The number of hydrogen-bond donors (Lipinski definition) is 1. The molecule has 7 heteroatoms. The maximum absolute atomic E-state index is 13.2.